The maximum Gasteiger partial charge on any atom is 0.0857 e. The zero-order valence-corrected chi connectivity index (χ0v) is 12.9. The summed E-state index contributed by atoms with van der Waals surface area (Å²) in [5, 5.41) is 12.8. The normalized spacial score (nSPS) is 11.2. The predicted molar refractivity (Wildman–Crippen MR) is 76.9 cm³/mol. The van der Waals surface area contributed by atoms with Crippen molar-refractivity contribution >= 4 is 15.9 Å². The van der Waals surface area contributed by atoms with Gasteiger partial charge in [0.2, 0.25) is 0 Å². The number of rotatable bonds is 6. The van der Waals surface area contributed by atoms with Crippen LogP contribution in [0.1, 0.15) is 30.9 Å². The molecule has 0 atom stereocenters. The molecule has 0 amide bonds. The highest BCUT2D eigenvalue weighted by Crippen LogP contribution is 2.23. The first-order valence-electron chi connectivity index (χ1n) is 6.52. The third-order valence-corrected chi connectivity index (χ3v) is 3.91. The summed E-state index contributed by atoms with van der Waals surface area (Å²) >= 11 is 3.63. The topological polar surface area (TPSA) is 74.5 Å². The summed E-state index contributed by atoms with van der Waals surface area (Å²) < 4.78 is 4.92. The molecule has 0 fully saturated rings. The van der Waals surface area contributed by atoms with Crippen LogP contribution < -0.4 is 5.73 Å². The molecule has 2 aromatic heterocycles. The van der Waals surface area contributed by atoms with Gasteiger partial charge in [-0.1, -0.05) is 12.1 Å². The molecule has 0 aliphatic heterocycles. The monoisotopic (exact) mass is 326 g/mol. The fraction of sp³-hybridized carbons (Fsp3) is 0.583. The van der Waals surface area contributed by atoms with E-state index >= 15 is 0 Å². The third kappa shape index (κ3) is 3.03. The lowest BCUT2D eigenvalue weighted by Gasteiger charge is -2.04. The van der Waals surface area contributed by atoms with Gasteiger partial charge in [-0.3, -0.25) is 4.68 Å². The van der Waals surface area contributed by atoms with Crippen molar-refractivity contribution in [1.29, 1.82) is 0 Å². The van der Waals surface area contributed by atoms with Crippen LogP contribution >= 0.6 is 15.9 Å². The molecule has 2 rings (SSSR count). The van der Waals surface area contributed by atoms with Crippen LogP contribution in [0, 0.1) is 0 Å². The molecule has 0 aromatic carbocycles. The first-order chi connectivity index (χ1) is 9.19. The summed E-state index contributed by atoms with van der Waals surface area (Å²) in [6.45, 7) is 6.29. The number of halogens is 1. The Morgan fingerprint density at radius 1 is 1.37 bits per heavy atom. The molecule has 0 aliphatic rings. The van der Waals surface area contributed by atoms with Gasteiger partial charge >= 0.3 is 0 Å². The predicted octanol–water partition coefficient (Wildman–Crippen LogP) is 1.37. The summed E-state index contributed by atoms with van der Waals surface area (Å²) in [6.07, 6.45) is 3.61. The van der Waals surface area contributed by atoms with Gasteiger partial charge in [-0.15, -0.1) is 5.10 Å². The molecule has 2 heterocycles. The second-order valence-corrected chi connectivity index (χ2v) is 5.12. The van der Waals surface area contributed by atoms with E-state index in [2.05, 4.69) is 45.2 Å². The highest BCUT2D eigenvalue weighted by molar-refractivity contribution is 9.10. The van der Waals surface area contributed by atoms with E-state index in [1.807, 2.05) is 15.6 Å². The van der Waals surface area contributed by atoms with E-state index in [4.69, 9.17) is 5.73 Å². The van der Waals surface area contributed by atoms with Gasteiger partial charge in [-0.2, -0.15) is 5.10 Å². The molecule has 0 unspecified atom stereocenters. The Morgan fingerprint density at radius 3 is 2.79 bits per heavy atom. The minimum Gasteiger partial charge on any atom is -0.330 e. The first-order valence-corrected chi connectivity index (χ1v) is 7.32. The van der Waals surface area contributed by atoms with Crippen molar-refractivity contribution in [2.45, 2.75) is 39.8 Å². The van der Waals surface area contributed by atoms with E-state index in [1.165, 1.54) is 0 Å². The molecule has 0 saturated carbocycles. The second-order valence-electron chi connectivity index (χ2n) is 4.32. The van der Waals surface area contributed by atoms with Gasteiger partial charge in [0.15, 0.2) is 0 Å². The molecule has 0 radical (unpaired) electrons. The average Bonchev–Trinajstić information content (AvgIpc) is 2.97. The van der Waals surface area contributed by atoms with E-state index in [9.17, 15) is 0 Å². The molecule has 2 N–H and O–H groups in total. The number of aromatic nitrogens is 5. The average molecular weight is 327 g/mol. The van der Waals surface area contributed by atoms with Crippen LogP contribution in [-0.2, 0) is 25.9 Å². The number of hydrogen-bond donors (Lipinski definition) is 1. The molecule has 0 spiro atoms. The van der Waals surface area contributed by atoms with E-state index in [0.29, 0.717) is 13.1 Å². The quantitative estimate of drug-likeness (QED) is 0.869. The number of nitrogens with zero attached hydrogens (tertiary/aromatic N) is 5. The Labute approximate surface area is 121 Å². The summed E-state index contributed by atoms with van der Waals surface area (Å²) in [5.74, 6) is 0. The molecule has 0 saturated heterocycles. The molecule has 7 heteroatoms. The maximum absolute atomic E-state index is 5.51. The van der Waals surface area contributed by atoms with Crippen LogP contribution in [0.25, 0.3) is 0 Å². The van der Waals surface area contributed by atoms with Gasteiger partial charge in [0.1, 0.15) is 0 Å². The van der Waals surface area contributed by atoms with Crippen molar-refractivity contribution in [3.05, 3.63) is 27.8 Å². The number of nitrogens with two attached hydrogens (primary N) is 1. The Balaban J connectivity index is 2.23. The summed E-state index contributed by atoms with van der Waals surface area (Å²) in [7, 11) is 0. The van der Waals surface area contributed by atoms with Gasteiger partial charge in [-0.25, -0.2) is 4.68 Å². The van der Waals surface area contributed by atoms with Crippen LogP contribution in [0.15, 0.2) is 10.7 Å². The van der Waals surface area contributed by atoms with Gasteiger partial charge in [-0.05, 0) is 35.8 Å². The van der Waals surface area contributed by atoms with Crippen LogP contribution in [-0.4, -0.2) is 31.3 Å². The number of hydrogen-bond acceptors (Lipinski definition) is 4. The van der Waals surface area contributed by atoms with Crippen LogP contribution in [0.2, 0.25) is 0 Å². The van der Waals surface area contributed by atoms with Crippen LogP contribution in [0.5, 0.6) is 0 Å². The van der Waals surface area contributed by atoms with E-state index < -0.39 is 0 Å². The zero-order chi connectivity index (χ0) is 13.8. The SMILES string of the molecule is CCc1nn(CC)c(Cn2cc(CCN)nn2)c1Br. The Bertz CT molecular complexity index is 544. The summed E-state index contributed by atoms with van der Waals surface area (Å²) in [5.41, 5.74) is 8.65. The fourth-order valence-electron chi connectivity index (χ4n) is 2.00. The molecule has 2 aromatic rings. The van der Waals surface area contributed by atoms with Crippen molar-refractivity contribution in [2.24, 2.45) is 5.73 Å². The molecule has 0 aliphatic carbocycles. The minimum absolute atomic E-state index is 0.593. The zero-order valence-electron chi connectivity index (χ0n) is 11.3. The Hall–Kier alpha value is -1.21. The van der Waals surface area contributed by atoms with Gasteiger partial charge < -0.3 is 5.73 Å². The van der Waals surface area contributed by atoms with Crippen LogP contribution in [0.4, 0.5) is 0 Å². The van der Waals surface area contributed by atoms with Crippen molar-refractivity contribution in [3.63, 3.8) is 0 Å². The Morgan fingerprint density at radius 2 is 2.16 bits per heavy atom. The molecular formula is C12H19BrN6. The van der Waals surface area contributed by atoms with Gasteiger partial charge in [0.05, 0.1) is 28.1 Å². The fourth-order valence-corrected chi connectivity index (χ4v) is 2.69. The standard InChI is InChI=1S/C12H19BrN6/c1-3-10-12(13)11(19(4-2)16-10)8-18-7-9(5-6-14)15-17-18/h7H,3-6,8,14H2,1-2H3. The van der Waals surface area contributed by atoms with Crippen molar-refractivity contribution < 1.29 is 0 Å². The molecule has 19 heavy (non-hydrogen) atoms. The van der Waals surface area contributed by atoms with Crippen molar-refractivity contribution in [2.75, 3.05) is 6.54 Å². The number of aryl methyl sites for hydroxylation is 2. The lowest BCUT2D eigenvalue weighted by molar-refractivity contribution is 0.562. The van der Waals surface area contributed by atoms with Crippen molar-refractivity contribution in [3.8, 4) is 0 Å². The lowest BCUT2D eigenvalue weighted by Crippen LogP contribution is -2.09. The minimum atomic E-state index is 0.593. The second kappa shape index (κ2) is 6.29. The first kappa shape index (κ1) is 14.2. The summed E-state index contributed by atoms with van der Waals surface area (Å²) in [6, 6.07) is 0. The summed E-state index contributed by atoms with van der Waals surface area (Å²) in [4.78, 5) is 0. The van der Waals surface area contributed by atoms with E-state index in [1.54, 1.807) is 0 Å². The molecule has 6 nitrogen and oxygen atoms in total. The highest BCUT2D eigenvalue weighted by atomic mass is 79.9. The smallest absolute Gasteiger partial charge is 0.0857 e. The van der Waals surface area contributed by atoms with Gasteiger partial charge in [0, 0.05) is 19.2 Å². The lowest BCUT2D eigenvalue weighted by atomic mass is 10.3. The maximum atomic E-state index is 5.51. The highest BCUT2D eigenvalue weighted by Gasteiger charge is 2.14. The van der Waals surface area contributed by atoms with E-state index in [-0.39, 0.29) is 0 Å². The van der Waals surface area contributed by atoms with Crippen LogP contribution in [0.3, 0.4) is 0 Å². The molecular weight excluding hydrogens is 308 g/mol. The largest absolute Gasteiger partial charge is 0.330 e. The Kier molecular flexibility index (Phi) is 4.71. The van der Waals surface area contributed by atoms with Crippen molar-refractivity contribution in [1.82, 2.24) is 24.8 Å². The van der Waals surface area contributed by atoms with E-state index in [0.717, 1.165) is 40.9 Å². The molecule has 104 valence electrons. The third-order valence-electron chi connectivity index (χ3n) is 2.99. The van der Waals surface area contributed by atoms with Gasteiger partial charge in [0.25, 0.3) is 0 Å². The molecule has 0 bridgehead atoms.